The van der Waals surface area contributed by atoms with E-state index in [1.165, 1.54) is 0 Å². The van der Waals surface area contributed by atoms with Crippen molar-refractivity contribution in [3.05, 3.63) is 90.1 Å². The first kappa shape index (κ1) is 23.5. The Morgan fingerprint density at radius 2 is 1.39 bits per heavy atom. The van der Waals surface area contributed by atoms with Crippen molar-refractivity contribution in [2.45, 2.75) is 78.5 Å². The third-order valence-electron chi connectivity index (χ3n) is 7.59. The highest BCUT2D eigenvalue weighted by atomic mass is 16.5. The predicted octanol–water partition coefficient (Wildman–Crippen LogP) is 4.21. The molecule has 0 aliphatic carbocycles. The molecule has 0 fully saturated rings. The van der Waals surface area contributed by atoms with E-state index in [9.17, 15) is 24.3 Å². The van der Waals surface area contributed by atoms with Gasteiger partial charge in [0.15, 0.2) is 0 Å². The molecular formula is C38H52N6O7. The van der Waals surface area contributed by atoms with E-state index in [0.29, 0.717) is 22.4 Å². The van der Waals surface area contributed by atoms with Crippen LogP contribution in [0.15, 0.2) is 79.0 Å². The van der Waals surface area contributed by atoms with Crippen LogP contribution in [0.1, 0.15) is 73.0 Å². The summed E-state index contributed by atoms with van der Waals surface area (Å²) in [6.45, 7) is -8.59. The number of nitrogens with zero attached hydrogens (tertiary/aromatic N) is 2. The van der Waals surface area contributed by atoms with Crippen LogP contribution in [-0.2, 0) is 32.0 Å². The van der Waals surface area contributed by atoms with Gasteiger partial charge in [-0.1, -0.05) is 102 Å². The maximum Gasteiger partial charge on any atom is 0.407 e. The van der Waals surface area contributed by atoms with Crippen LogP contribution in [0.2, 0.25) is 0 Å². The number of carbonyl (C=O) groups is 4. The van der Waals surface area contributed by atoms with Gasteiger partial charge in [-0.25, -0.2) is 14.6 Å². The van der Waals surface area contributed by atoms with Crippen LogP contribution >= 0.6 is 0 Å². The minimum Gasteiger partial charge on any atom is -0.453 e. The second-order valence-corrected chi connectivity index (χ2v) is 12.7. The van der Waals surface area contributed by atoms with Crippen molar-refractivity contribution >= 4 is 24.0 Å². The van der Waals surface area contributed by atoms with E-state index in [0.717, 1.165) is 5.01 Å². The standard InChI is InChI=1S/C38H52N6O7/c1-37(2,3)31(41-35(48)50-7)33(46)40-29(22-25-14-10-9-11-15-25)30(45)24-44(43-34(47)32(38(4,5)6)42-36(49)51-8)23-26-17-19-27(20-18-26)28-16-12-13-21-39-28/h9-21,29-32,45H,22-24H2,1-8H3,(H,40,46)(H,41,48)(H,42,49)(H,43,47)/t29-,30-,31+,32+/m0/s1/i1D3,2D3,3D3,7D3,8D3. The number of alkyl carbamates (subject to hydrolysis) is 2. The molecule has 0 unspecified atom stereocenters. The number of aromatic nitrogens is 1. The zero-order valence-electron chi connectivity index (χ0n) is 43.2. The minimum absolute atomic E-state index is 0.223. The number of benzene rings is 2. The van der Waals surface area contributed by atoms with Gasteiger partial charge < -0.3 is 30.5 Å². The second-order valence-electron chi connectivity index (χ2n) is 12.7. The highest BCUT2D eigenvalue weighted by molar-refractivity contribution is 5.87. The number of hydrazine groups is 1. The monoisotopic (exact) mass is 719 g/mol. The maximum atomic E-state index is 14.5. The minimum atomic E-state index is -4.13. The fourth-order valence-electron chi connectivity index (χ4n) is 5.02. The molecule has 0 saturated carbocycles. The average Bonchev–Trinajstić information content (AvgIpc) is 3.14. The highest BCUT2D eigenvalue weighted by Gasteiger charge is 2.37. The van der Waals surface area contributed by atoms with Crippen molar-refractivity contribution < 1.29 is 54.3 Å². The SMILES string of the molecule is [2H]C([2H])([2H])OC(=O)N[C@H](C(=O)NN(Cc1ccc(-c2ccccn2)cc1)C[C@H](O)[C@H](Cc1ccccc1)NC(=O)[C@@H](NC(=O)OC([2H])([2H])[2H])C(C([2H])([2H])[2H])(C([2H])([2H])[2H])C([2H])([2H])[2H])C(C)(C)C. The van der Waals surface area contributed by atoms with E-state index >= 15 is 0 Å². The average molecular weight is 720 g/mol. The number of hydrogen-bond acceptors (Lipinski definition) is 9. The molecule has 13 nitrogen and oxygen atoms in total. The summed E-state index contributed by atoms with van der Waals surface area (Å²) in [5.41, 5.74) is -0.417. The molecular weight excluding hydrogens is 652 g/mol. The number of pyridine rings is 1. The van der Waals surface area contributed by atoms with E-state index in [4.69, 9.17) is 20.6 Å². The lowest BCUT2D eigenvalue weighted by Gasteiger charge is -2.35. The molecule has 4 atom stereocenters. The number of methoxy groups -OCH3 is 2. The summed E-state index contributed by atoms with van der Waals surface area (Å²) in [7, 11) is -6.71. The molecule has 0 bridgehead atoms. The Bertz CT molecular complexity index is 2060. The van der Waals surface area contributed by atoms with Gasteiger partial charge in [0.2, 0.25) is 5.91 Å². The summed E-state index contributed by atoms with van der Waals surface area (Å²) < 4.78 is 126. The zero-order chi connectivity index (χ0) is 50.3. The molecule has 13 heteroatoms. The Kier molecular flexibility index (Phi) is 8.41. The first-order chi connectivity index (χ1) is 30.1. The molecule has 0 saturated heterocycles. The number of carbonyl (C=O) groups excluding carboxylic acids is 4. The van der Waals surface area contributed by atoms with Gasteiger partial charge in [-0.2, -0.15) is 0 Å². The third kappa shape index (κ3) is 12.7. The van der Waals surface area contributed by atoms with Gasteiger partial charge in [0.25, 0.3) is 5.91 Å². The molecule has 51 heavy (non-hydrogen) atoms. The van der Waals surface area contributed by atoms with Crippen molar-refractivity contribution in [1.82, 2.24) is 31.4 Å². The summed E-state index contributed by atoms with van der Waals surface area (Å²) in [5, 5.41) is 19.3. The Labute approximate surface area is 321 Å². The Morgan fingerprint density at radius 3 is 1.94 bits per heavy atom. The summed E-state index contributed by atoms with van der Waals surface area (Å²) in [6, 6.07) is 13.7. The number of ether oxygens (including phenoxy) is 2. The van der Waals surface area contributed by atoms with Gasteiger partial charge in [0.1, 0.15) is 12.1 Å². The van der Waals surface area contributed by atoms with Crippen molar-refractivity contribution in [3.63, 3.8) is 0 Å². The van der Waals surface area contributed by atoms with E-state index in [1.54, 1.807) is 105 Å². The van der Waals surface area contributed by atoms with Crippen LogP contribution in [0, 0.1) is 10.8 Å². The summed E-state index contributed by atoms with van der Waals surface area (Å²) in [4.78, 5) is 58.4. The fourth-order valence-corrected chi connectivity index (χ4v) is 5.02. The van der Waals surface area contributed by atoms with Crippen molar-refractivity contribution in [2.75, 3.05) is 20.6 Å². The molecule has 3 rings (SSSR count). The quantitative estimate of drug-likeness (QED) is 0.153. The molecule has 1 heterocycles. The fraction of sp³-hybridized carbons (Fsp3) is 0.447. The molecule has 0 aliphatic heterocycles. The van der Waals surface area contributed by atoms with Gasteiger partial charge in [-0.3, -0.25) is 20.0 Å². The normalized spacial score (nSPS) is 19.6. The summed E-state index contributed by atoms with van der Waals surface area (Å²) in [5.74, 6) is -2.74. The Morgan fingerprint density at radius 1 is 0.784 bits per heavy atom. The number of amides is 4. The van der Waals surface area contributed by atoms with Gasteiger partial charge >= 0.3 is 12.2 Å². The molecule has 0 aliphatic rings. The largest absolute Gasteiger partial charge is 0.453 e. The number of aliphatic hydroxyl groups excluding tert-OH is 1. The summed E-state index contributed by atoms with van der Waals surface area (Å²) >= 11 is 0. The maximum absolute atomic E-state index is 14.5. The first-order valence-electron chi connectivity index (χ1n) is 23.1. The van der Waals surface area contributed by atoms with Crippen LogP contribution in [0.5, 0.6) is 0 Å². The van der Waals surface area contributed by atoms with Crippen molar-refractivity contribution in [3.8, 4) is 11.3 Å². The topological polar surface area (TPSA) is 171 Å². The first-order valence-corrected chi connectivity index (χ1v) is 15.6. The Balaban J connectivity index is 2.18. The number of nitrogens with one attached hydrogen (secondary N) is 4. The molecule has 0 radical (unpaired) electrons. The Hall–Kier alpha value is -5.01. The van der Waals surface area contributed by atoms with E-state index in [1.807, 2.05) is 0 Å². The van der Waals surface area contributed by atoms with Crippen LogP contribution < -0.4 is 21.4 Å². The molecule has 5 N–H and O–H groups in total. The lowest BCUT2D eigenvalue weighted by molar-refractivity contribution is -0.132. The molecule has 2 aromatic carbocycles. The number of rotatable bonds is 14. The molecule has 4 amide bonds. The van der Waals surface area contributed by atoms with Crippen molar-refractivity contribution in [2.24, 2.45) is 10.8 Å². The van der Waals surface area contributed by atoms with Gasteiger partial charge in [0, 0.05) is 37.2 Å². The molecule has 0 spiro atoms. The number of aliphatic hydroxyl groups is 1. The lowest BCUT2D eigenvalue weighted by Crippen LogP contribution is -2.60. The van der Waals surface area contributed by atoms with E-state index in [2.05, 4.69) is 30.5 Å². The lowest BCUT2D eigenvalue weighted by atomic mass is 9.85. The summed E-state index contributed by atoms with van der Waals surface area (Å²) in [6.07, 6.45) is -4.17. The predicted molar refractivity (Wildman–Crippen MR) is 194 cm³/mol. The van der Waals surface area contributed by atoms with Crippen LogP contribution in [0.25, 0.3) is 11.3 Å². The van der Waals surface area contributed by atoms with Gasteiger partial charge in [-0.15, -0.1) is 0 Å². The van der Waals surface area contributed by atoms with Gasteiger partial charge in [0.05, 0.1) is 40.1 Å². The van der Waals surface area contributed by atoms with Crippen LogP contribution in [-0.4, -0.2) is 84.0 Å². The van der Waals surface area contributed by atoms with E-state index in [-0.39, 0.29) is 13.0 Å². The van der Waals surface area contributed by atoms with Crippen LogP contribution in [0.4, 0.5) is 9.59 Å². The second kappa shape index (κ2) is 18.3. The molecule has 276 valence electrons. The van der Waals surface area contributed by atoms with Crippen LogP contribution in [0.3, 0.4) is 0 Å². The highest BCUT2D eigenvalue weighted by Crippen LogP contribution is 2.23. The van der Waals surface area contributed by atoms with Gasteiger partial charge in [-0.05, 0) is 40.5 Å². The number of hydrogen-bond donors (Lipinski definition) is 5. The smallest absolute Gasteiger partial charge is 0.407 e. The molecule has 1 aromatic heterocycles. The third-order valence-corrected chi connectivity index (χ3v) is 7.59. The van der Waals surface area contributed by atoms with E-state index < -0.39 is 100 Å². The molecule has 3 aromatic rings. The zero-order valence-corrected chi connectivity index (χ0v) is 28.2. The van der Waals surface area contributed by atoms with Crippen molar-refractivity contribution in [1.29, 1.82) is 0 Å².